The quantitative estimate of drug-likeness (QED) is 0.451. The lowest BCUT2D eigenvalue weighted by Crippen LogP contribution is -2.51. The maximum absolute atomic E-state index is 12.5. The van der Waals surface area contributed by atoms with Crippen molar-refractivity contribution < 1.29 is 22.6 Å². The van der Waals surface area contributed by atoms with Crippen molar-refractivity contribution >= 4 is 33.3 Å². The zero-order valence-corrected chi connectivity index (χ0v) is 17.5. The Bertz CT molecular complexity index is 1350. The second-order valence-corrected chi connectivity index (χ2v) is 8.19. The van der Waals surface area contributed by atoms with Crippen molar-refractivity contribution in [2.75, 3.05) is 11.4 Å². The van der Waals surface area contributed by atoms with Gasteiger partial charge in [-0.1, -0.05) is 24.3 Å². The van der Waals surface area contributed by atoms with Crippen LogP contribution in [0.25, 0.3) is 11.3 Å². The van der Waals surface area contributed by atoms with Gasteiger partial charge >= 0.3 is 5.91 Å². The first-order valence-corrected chi connectivity index (χ1v) is 10.9. The summed E-state index contributed by atoms with van der Waals surface area (Å²) >= 11 is 0. The number of nitrogens with zero attached hydrogens (tertiary/aromatic N) is 3. The third kappa shape index (κ3) is 3.78. The molecule has 2 N–H and O–H groups in total. The molecule has 3 aromatic rings. The number of nitro benzene ring substituents is 1. The maximum Gasteiger partial charge on any atom is 0.305 e. The van der Waals surface area contributed by atoms with Crippen molar-refractivity contribution in [3.8, 4) is 11.3 Å². The molecule has 2 heterocycles. The van der Waals surface area contributed by atoms with Crippen LogP contribution in [0.4, 0.5) is 11.4 Å². The molecule has 164 valence electrons. The molecule has 0 bridgehead atoms. The number of hydrazine groups is 1. The number of hydrogen-bond acceptors (Lipinski definition) is 8. The second-order valence-electron chi connectivity index (χ2n) is 6.62. The first kappa shape index (κ1) is 21.1. The number of carbonyl (C=O) groups excluding carboxylic acids is 1. The Labute approximate surface area is 182 Å². The molecular weight excluding hydrogens is 438 g/mol. The fourth-order valence-corrected chi connectivity index (χ4v) is 4.42. The highest BCUT2D eigenvalue weighted by Gasteiger charge is 2.30. The number of anilines is 1. The number of rotatable bonds is 4. The molecule has 1 aliphatic rings. The fourth-order valence-electron chi connectivity index (χ4n) is 3.26. The Morgan fingerprint density at radius 1 is 1.12 bits per heavy atom. The van der Waals surface area contributed by atoms with Crippen LogP contribution in [0.5, 0.6) is 0 Å². The van der Waals surface area contributed by atoms with Crippen LogP contribution < -0.4 is 15.8 Å². The summed E-state index contributed by atoms with van der Waals surface area (Å²) in [6, 6.07) is 15.2. The van der Waals surface area contributed by atoms with Gasteiger partial charge in [0.1, 0.15) is 10.7 Å². The van der Waals surface area contributed by atoms with Crippen LogP contribution in [0.2, 0.25) is 0 Å². The number of para-hydroxylation sites is 2. The topological polar surface area (TPSA) is 147 Å². The number of furan rings is 1. The second kappa shape index (κ2) is 8.15. The number of fused-ring (bicyclic) bond motifs is 1. The molecular formula is C20H17N5O6S. The summed E-state index contributed by atoms with van der Waals surface area (Å²) < 4.78 is 34.2. The van der Waals surface area contributed by atoms with Crippen molar-refractivity contribution in [1.82, 2.24) is 10.9 Å². The van der Waals surface area contributed by atoms with Gasteiger partial charge in [-0.3, -0.25) is 25.8 Å². The van der Waals surface area contributed by atoms with E-state index in [-0.39, 0.29) is 33.6 Å². The molecule has 4 rings (SSSR count). The van der Waals surface area contributed by atoms with Crippen LogP contribution in [-0.2, 0) is 10.0 Å². The highest BCUT2D eigenvalue weighted by molar-refractivity contribution is 7.90. The van der Waals surface area contributed by atoms with Gasteiger partial charge in [0.15, 0.2) is 5.76 Å². The summed E-state index contributed by atoms with van der Waals surface area (Å²) in [6.07, 6.45) is 0. The smallest absolute Gasteiger partial charge is 0.305 e. The monoisotopic (exact) mass is 455 g/mol. The molecule has 0 saturated heterocycles. The van der Waals surface area contributed by atoms with Gasteiger partial charge in [0, 0.05) is 12.6 Å². The summed E-state index contributed by atoms with van der Waals surface area (Å²) in [5, 5.41) is 11.2. The lowest BCUT2D eigenvalue weighted by molar-refractivity contribution is -0.384. The van der Waals surface area contributed by atoms with Crippen LogP contribution in [0, 0.1) is 10.1 Å². The molecule has 1 amide bonds. The highest BCUT2D eigenvalue weighted by Crippen LogP contribution is 2.31. The highest BCUT2D eigenvalue weighted by atomic mass is 32.2. The molecule has 12 heteroatoms. The van der Waals surface area contributed by atoms with E-state index in [1.807, 2.05) is 0 Å². The molecule has 0 spiro atoms. The predicted molar refractivity (Wildman–Crippen MR) is 115 cm³/mol. The Morgan fingerprint density at radius 3 is 2.59 bits per heavy atom. The van der Waals surface area contributed by atoms with E-state index in [2.05, 4.69) is 15.2 Å². The fraction of sp³-hybridized carbons (Fsp3) is 0.100. The Hall–Kier alpha value is -4.19. The van der Waals surface area contributed by atoms with Gasteiger partial charge in [-0.15, -0.1) is 4.40 Å². The van der Waals surface area contributed by atoms with Crippen LogP contribution in [0.3, 0.4) is 0 Å². The number of carbonyl (C=O) groups is 1. The van der Waals surface area contributed by atoms with Crippen LogP contribution in [-0.4, -0.2) is 31.8 Å². The third-order valence-electron chi connectivity index (χ3n) is 4.70. The molecule has 0 unspecified atom stereocenters. The van der Waals surface area contributed by atoms with E-state index in [1.54, 1.807) is 36.1 Å². The van der Waals surface area contributed by atoms with E-state index < -0.39 is 20.9 Å². The zero-order valence-electron chi connectivity index (χ0n) is 16.7. The normalized spacial score (nSPS) is 14.3. The van der Waals surface area contributed by atoms with Gasteiger partial charge in [0.05, 0.1) is 16.2 Å². The van der Waals surface area contributed by atoms with E-state index in [1.165, 1.54) is 36.4 Å². The van der Waals surface area contributed by atoms with Crippen molar-refractivity contribution in [2.24, 2.45) is 4.40 Å². The molecule has 32 heavy (non-hydrogen) atoms. The molecule has 0 atom stereocenters. The zero-order chi connectivity index (χ0) is 22.9. The summed E-state index contributed by atoms with van der Waals surface area (Å²) in [6.45, 7) is 2.19. The minimum absolute atomic E-state index is 0.0684. The van der Waals surface area contributed by atoms with E-state index in [0.29, 0.717) is 12.2 Å². The summed E-state index contributed by atoms with van der Waals surface area (Å²) in [5.41, 5.74) is 5.37. The van der Waals surface area contributed by atoms with Gasteiger partial charge < -0.3 is 9.32 Å². The largest absolute Gasteiger partial charge is 0.451 e. The average molecular weight is 455 g/mol. The van der Waals surface area contributed by atoms with Gasteiger partial charge in [0.2, 0.25) is 5.96 Å². The minimum atomic E-state index is -3.95. The Kier molecular flexibility index (Phi) is 5.36. The van der Waals surface area contributed by atoms with E-state index >= 15 is 0 Å². The molecule has 11 nitrogen and oxygen atoms in total. The lowest BCUT2D eigenvalue weighted by Gasteiger charge is -2.29. The number of benzene rings is 2. The van der Waals surface area contributed by atoms with Crippen LogP contribution in [0.1, 0.15) is 17.5 Å². The van der Waals surface area contributed by atoms with Gasteiger partial charge in [0.25, 0.3) is 15.7 Å². The molecule has 0 fully saturated rings. The molecule has 1 aliphatic heterocycles. The molecule has 0 aliphatic carbocycles. The summed E-state index contributed by atoms with van der Waals surface area (Å²) in [5.74, 6) is -0.785. The van der Waals surface area contributed by atoms with Crippen molar-refractivity contribution in [3.63, 3.8) is 0 Å². The Balaban J connectivity index is 1.54. The number of guanidine groups is 1. The van der Waals surface area contributed by atoms with Crippen LogP contribution in [0.15, 0.2) is 74.4 Å². The van der Waals surface area contributed by atoms with Gasteiger partial charge in [-0.05, 0) is 37.3 Å². The van der Waals surface area contributed by atoms with Crippen LogP contribution >= 0.6 is 0 Å². The number of sulfonamides is 1. The first-order chi connectivity index (χ1) is 15.3. The third-order valence-corrected chi connectivity index (χ3v) is 6.01. The number of amides is 1. The van der Waals surface area contributed by atoms with Gasteiger partial charge in [-0.25, -0.2) is 0 Å². The SMILES string of the molecule is CCN1C(NNC(=O)c2ccc(-c3ccccc3[N+](=O)[O-])o2)=NS(=O)(=O)c2ccccc21. The van der Waals surface area contributed by atoms with E-state index in [9.17, 15) is 23.3 Å². The molecule has 1 aromatic heterocycles. The summed E-state index contributed by atoms with van der Waals surface area (Å²) in [7, 11) is -3.95. The molecule has 0 saturated carbocycles. The van der Waals surface area contributed by atoms with Crippen molar-refractivity contribution in [1.29, 1.82) is 0 Å². The van der Waals surface area contributed by atoms with Crippen molar-refractivity contribution in [3.05, 3.63) is 76.5 Å². The predicted octanol–water partition coefficient (Wildman–Crippen LogP) is 2.67. The molecule has 0 radical (unpaired) electrons. The summed E-state index contributed by atoms with van der Waals surface area (Å²) in [4.78, 5) is 24.9. The lowest BCUT2D eigenvalue weighted by atomic mass is 10.1. The van der Waals surface area contributed by atoms with E-state index in [0.717, 1.165) is 0 Å². The van der Waals surface area contributed by atoms with Crippen molar-refractivity contribution in [2.45, 2.75) is 11.8 Å². The number of nitro groups is 1. The number of hydrogen-bond donors (Lipinski definition) is 2. The number of nitrogens with one attached hydrogen (secondary N) is 2. The minimum Gasteiger partial charge on any atom is -0.451 e. The Morgan fingerprint density at radius 2 is 1.84 bits per heavy atom. The average Bonchev–Trinajstić information content (AvgIpc) is 3.27. The maximum atomic E-state index is 12.5. The standard InChI is InChI=1S/C20H17N5O6S/c1-2-24-15-9-5-6-10-18(15)32(29,30)23-20(24)22-21-19(26)17-12-11-16(31-17)13-7-3-4-8-14(13)25(27)28/h3-12H,2H2,1H3,(H,21,26)(H,22,23). The first-order valence-electron chi connectivity index (χ1n) is 9.43. The molecule has 2 aromatic carbocycles. The van der Waals surface area contributed by atoms with E-state index in [4.69, 9.17) is 4.42 Å². The van der Waals surface area contributed by atoms with Gasteiger partial charge in [-0.2, -0.15) is 8.42 Å².